The zero-order valence-corrected chi connectivity index (χ0v) is 86.4. The van der Waals surface area contributed by atoms with Gasteiger partial charge in [0, 0.05) is 198 Å². The predicted molar refractivity (Wildman–Crippen MR) is 557 cm³/mol. The average Bonchev–Trinajstić information content (AvgIpc) is 1.43. The van der Waals surface area contributed by atoms with E-state index in [1.807, 2.05) is 191 Å². The van der Waals surface area contributed by atoms with Gasteiger partial charge in [0.05, 0.1) is 101 Å². The van der Waals surface area contributed by atoms with Gasteiger partial charge in [0.25, 0.3) is 22.2 Å². The van der Waals surface area contributed by atoms with Crippen LogP contribution in [0.5, 0.6) is 11.5 Å². The standard InChI is InChI=1S/C25H33ClN6O2S.C25H33N5O3S.C24H30ClN5O3S.C23H27Cl2N5O2S/c1-6-19-22(28-20-14-31(15-21(20)34-8-3)25-27-11-12-35-25)24(33)32(7-2)23(29-19)17-10-9-16(30(4)5)13-18(17)26;1-6-19-22(27-20-14-29(15-21(20)33-8-3)25-26-11-12-34-25)24(31)30(7-2)23(28-19)18-10-9-17(32-5)13-16(18)4;1-5-18-21(27-19-13-29(14-20(19)33-7-3)24-26-10-11-34-24)23(31)30(6-2)22(28-18)16-9-8-15(32-4)12-17(16)25;1-4-17-20(27-18-12-29(13-19(18)32-6-3)23-26-9-10-33-23)22(31)30(5-2)21(28-17)15-8-7-14(24)11-16(15)25/h9-13,20-21,28H,6-8,14-15H2,1-5H3;9-13,20-21,27H,6-8,14-15H2,1-5H3;8-12,19-20,27H,5-7,13-14H2,1-4H3;7-11,18-19,27H,4-6,12-13H2,1-3H3/t2*20?,21-;19?,20-;18?,19-/m0000/s1. The first kappa shape index (κ1) is 103. The molecule has 0 bridgehead atoms. The quantitative estimate of drug-likeness (QED) is 0.0287. The maximum Gasteiger partial charge on any atom is 0.277 e. The van der Waals surface area contributed by atoms with Crippen LogP contribution in [0.3, 0.4) is 0 Å². The van der Waals surface area contributed by atoms with Crippen LogP contribution in [-0.2, 0) is 70.8 Å². The van der Waals surface area contributed by atoms with Crippen LogP contribution < -0.4 is 77.5 Å². The highest BCUT2D eigenvalue weighted by Crippen LogP contribution is 2.39. The van der Waals surface area contributed by atoms with E-state index in [1.54, 1.807) is 114 Å². The molecule has 728 valence electrons. The number of nitrogens with one attached hydrogen (secondary N) is 4. The van der Waals surface area contributed by atoms with Gasteiger partial charge in [-0.2, -0.15) is 0 Å². The summed E-state index contributed by atoms with van der Waals surface area (Å²) in [5.74, 6) is 3.82. The van der Waals surface area contributed by atoms with Crippen molar-refractivity contribution in [3.63, 3.8) is 0 Å². The molecule has 8 atom stereocenters. The van der Waals surface area contributed by atoms with Gasteiger partial charge in [-0.3, -0.25) is 37.4 Å². The Kier molecular flexibility index (Phi) is 36.7. The summed E-state index contributed by atoms with van der Waals surface area (Å²) in [5.41, 5.74) is 9.75. The summed E-state index contributed by atoms with van der Waals surface area (Å²) >= 11 is 32.1. The first-order valence-electron chi connectivity index (χ1n) is 46.4. The highest BCUT2D eigenvalue weighted by molar-refractivity contribution is 7.14. The topological polar surface area (TPSA) is 311 Å². The van der Waals surface area contributed by atoms with Crippen molar-refractivity contribution in [3.8, 4) is 57.1 Å². The molecular formula is C97H123Cl4N21O10S4. The SMILES string of the molecule is CCO[C@H]1CN(c2nccs2)CC1Nc1c(CC)nc(-c2ccc(Cl)cc2Cl)n(CC)c1=O.CCO[C@H]1CN(c2nccs2)CC1Nc1c(CC)nc(-c2ccc(N(C)C)cc2Cl)n(CC)c1=O.CCO[C@H]1CN(c2nccs2)CC1Nc1c(CC)nc(-c2ccc(OC)cc2C)n(CC)c1=O.CCO[C@H]1CN(c2nccs2)CC1Nc1c(CC)nc(-c2ccc(OC)cc2Cl)n(CC)c1=O. The number of benzene rings is 4. The number of anilines is 9. The van der Waals surface area contributed by atoms with E-state index >= 15 is 0 Å². The molecule has 4 aliphatic rings. The van der Waals surface area contributed by atoms with Gasteiger partial charge >= 0.3 is 0 Å². The molecule has 0 radical (unpaired) electrons. The van der Waals surface area contributed by atoms with Gasteiger partial charge in [0.2, 0.25) is 0 Å². The summed E-state index contributed by atoms with van der Waals surface area (Å²) in [6, 6.07) is 22.1. The Morgan fingerprint density at radius 3 is 0.897 bits per heavy atom. The third-order valence-electron chi connectivity index (χ3n) is 24.2. The fourth-order valence-electron chi connectivity index (χ4n) is 17.5. The molecule has 12 heterocycles. The lowest BCUT2D eigenvalue weighted by molar-refractivity contribution is 0.0718. The second-order valence-electron chi connectivity index (χ2n) is 32.7. The van der Waals surface area contributed by atoms with Crippen molar-refractivity contribution in [2.45, 2.75) is 190 Å². The summed E-state index contributed by atoms with van der Waals surface area (Å²) in [6.45, 7) is 35.8. The summed E-state index contributed by atoms with van der Waals surface area (Å²) in [6.07, 6.45) is 9.46. The van der Waals surface area contributed by atoms with Crippen molar-refractivity contribution in [2.75, 3.05) is 153 Å². The van der Waals surface area contributed by atoms with Gasteiger partial charge in [-0.15, -0.1) is 45.3 Å². The van der Waals surface area contributed by atoms with E-state index in [0.29, 0.717) is 205 Å². The van der Waals surface area contributed by atoms with Crippen LogP contribution in [0.1, 0.15) is 111 Å². The average molecular weight is 2010 g/mol. The third-order valence-corrected chi connectivity index (χ3v) is 28.7. The Morgan fingerprint density at radius 2 is 0.647 bits per heavy atom. The van der Waals surface area contributed by atoms with Gasteiger partial charge in [-0.1, -0.05) is 74.1 Å². The van der Waals surface area contributed by atoms with Crippen LogP contribution in [0, 0.1) is 6.92 Å². The van der Waals surface area contributed by atoms with Crippen molar-refractivity contribution >= 4 is 141 Å². The minimum absolute atomic E-state index is 0.0393. The maximum absolute atomic E-state index is 13.8. The molecule has 4 fully saturated rings. The van der Waals surface area contributed by atoms with Crippen LogP contribution in [0.4, 0.5) is 49.0 Å². The monoisotopic (exact) mass is 2010 g/mol. The number of nitrogens with zero attached hydrogens (tertiary/aromatic N) is 17. The maximum atomic E-state index is 13.8. The van der Waals surface area contributed by atoms with Gasteiger partial charge in [-0.25, -0.2) is 39.9 Å². The van der Waals surface area contributed by atoms with Crippen molar-refractivity contribution in [2.24, 2.45) is 0 Å². The number of methoxy groups -OCH3 is 2. The van der Waals surface area contributed by atoms with Gasteiger partial charge in [0.15, 0.2) is 20.5 Å². The molecule has 0 amide bonds. The van der Waals surface area contributed by atoms with E-state index in [0.717, 1.165) is 79.7 Å². The third kappa shape index (κ3) is 23.5. The minimum atomic E-state index is -0.117. The van der Waals surface area contributed by atoms with Gasteiger partial charge in [-0.05, 0) is 166 Å². The smallest absolute Gasteiger partial charge is 0.277 e. The molecule has 0 aliphatic carbocycles. The van der Waals surface area contributed by atoms with Crippen molar-refractivity contribution < 1.29 is 28.4 Å². The summed E-state index contributed by atoms with van der Waals surface area (Å²) in [4.78, 5) is 103. The number of hydrogen-bond acceptors (Lipinski definition) is 31. The number of halogens is 4. The molecular weight excluding hydrogens is 1890 g/mol. The predicted octanol–water partition coefficient (Wildman–Crippen LogP) is 17.6. The van der Waals surface area contributed by atoms with Gasteiger partial charge < -0.3 is 74.2 Å². The molecule has 0 spiro atoms. The second kappa shape index (κ2) is 48.3. The fraction of sp³-hybridized carbons (Fsp3) is 0.464. The molecule has 4 saturated heterocycles. The van der Waals surface area contributed by atoms with E-state index in [9.17, 15) is 19.2 Å². The number of hydrogen-bond donors (Lipinski definition) is 4. The zero-order chi connectivity index (χ0) is 97.1. The molecule has 39 heteroatoms. The Balaban J connectivity index is 0.000000153. The molecule has 4 N–H and O–H groups in total. The first-order valence-corrected chi connectivity index (χ1v) is 51.4. The van der Waals surface area contributed by atoms with E-state index in [4.69, 9.17) is 94.8 Å². The normalized spacial score (nSPS) is 17.9. The van der Waals surface area contributed by atoms with E-state index in [2.05, 4.69) is 60.8 Å². The van der Waals surface area contributed by atoms with E-state index in [1.165, 1.54) is 0 Å². The lowest BCUT2D eigenvalue weighted by atomic mass is 10.1. The van der Waals surface area contributed by atoms with Crippen LogP contribution in [-0.4, -0.2) is 214 Å². The Hall–Kier alpha value is -10.3. The molecule has 4 unspecified atom stereocenters. The van der Waals surface area contributed by atoms with E-state index in [-0.39, 0.29) is 70.8 Å². The number of ether oxygens (including phenoxy) is 6. The number of thiazole rings is 4. The summed E-state index contributed by atoms with van der Waals surface area (Å²) < 4.78 is 41.5. The molecule has 31 nitrogen and oxygen atoms in total. The highest BCUT2D eigenvalue weighted by Gasteiger charge is 2.41. The van der Waals surface area contributed by atoms with Crippen molar-refractivity contribution in [1.82, 2.24) is 58.1 Å². The lowest BCUT2D eigenvalue weighted by Crippen LogP contribution is -2.38. The van der Waals surface area contributed by atoms with Crippen LogP contribution in [0.15, 0.2) is 138 Å². The lowest BCUT2D eigenvalue weighted by Gasteiger charge is -2.23. The molecule has 0 saturated carbocycles. The number of rotatable bonds is 35. The summed E-state index contributed by atoms with van der Waals surface area (Å²) in [7, 11) is 7.18. The van der Waals surface area contributed by atoms with Gasteiger partial charge in [0.1, 0.15) is 57.5 Å². The molecule has 8 aromatic heterocycles. The second-order valence-corrected chi connectivity index (χ2v) is 37.9. The van der Waals surface area contributed by atoms with Crippen molar-refractivity contribution in [1.29, 1.82) is 0 Å². The molecule has 4 aliphatic heterocycles. The Morgan fingerprint density at radius 1 is 0.368 bits per heavy atom. The first-order chi connectivity index (χ1) is 65.8. The minimum Gasteiger partial charge on any atom is -0.497 e. The van der Waals surface area contributed by atoms with E-state index < -0.39 is 0 Å². The van der Waals surface area contributed by atoms with Crippen LogP contribution >= 0.6 is 91.8 Å². The fourth-order valence-corrected chi connectivity index (χ4v) is 21.1. The molecule has 136 heavy (non-hydrogen) atoms. The number of aromatic nitrogens is 12. The molecule has 16 rings (SSSR count). The Bertz CT molecular complexity index is 6050. The van der Waals surface area contributed by atoms with Crippen LogP contribution in [0.25, 0.3) is 45.6 Å². The van der Waals surface area contributed by atoms with Crippen LogP contribution in [0.2, 0.25) is 20.1 Å². The molecule has 12 aromatic rings. The van der Waals surface area contributed by atoms with Crippen molar-refractivity contribution in [3.05, 3.63) is 209 Å². The Labute approximate surface area is 830 Å². The summed E-state index contributed by atoms with van der Waals surface area (Å²) in [5, 5.41) is 27.8. The molecule has 4 aromatic carbocycles. The number of aryl methyl sites for hydroxylation is 5. The highest BCUT2D eigenvalue weighted by atomic mass is 35.5. The zero-order valence-electron chi connectivity index (χ0n) is 80.1. The largest absolute Gasteiger partial charge is 0.497 e.